The highest BCUT2D eigenvalue weighted by atomic mass is 32.2. The molecule has 140 valence electrons. The zero-order valence-electron chi connectivity index (χ0n) is 14.5. The maximum Gasteiger partial charge on any atom is 0.289 e. The van der Waals surface area contributed by atoms with Gasteiger partial charge in [-0.2, -0.15) is 0 Å². The molecule has 0 amide bonds. The van der Waals surface area contributed by atoms with Crippen molar-refractivity contribution in [2.75, 3.05) is 4.72 Å². The van der Waals surface area contributed by atoms with E-state index in [4.69, 9.17) is 0 Å². The summed E-state index contributed by atoms with van der Waals surface area (Å²) in [6.07, 6.45) is 0. The Bertz CT molecular complexity index is 1260. The highest BCUT2D eigenvalue weighted by Crippen LogP contribution is 2.32. The second-order valence-electron chi connectivity index (χ2n) is 6.15. The van der Waals surface area contributed by atoms with Gasteiger partial charge in [0.25, 0.3) is 15.7 Å². The van der Waals surface area contributed by atoms with Crippen molar-refractivity contribution < 1.29 is 13.3 Å². The van der Waals surface area contributed by atoms with E-state index >= 15 is 0 Å². The first kappa shape index (κ1) is 17.7. The Labute approximate surface area is 160 Å². The Kier molecular flexibility index (Phi) is 4.32. The first-order valence-electron chi connectivity index (χ1n) is 8.39. The number of nitro groups is 1. The first-order chi connectivity index (χ1) is 13.5. The molecular formula is C20H15N3O4S. The molecule has 0 aliphatic heterocycles. The number of rotatable bonds is 5. The van der Waals surface area contributed by atoms with E-state index in [1.54, 1.807) is 24.3 Å². The number of aromatic nitrogens is 1. The van der Waals surface area contributed by atoms with Crippen LogP contribution in [0.3, 0.4) is 0 Å². The fraction of sp³-hybridized carbons (Fsp3) is 0. The minimum Gasteiger partial charge on any atom is -0.354 e. The third-order valence-electron chi connectivity index (χ3n) is 4.34. The number of fused-ring (bicyclic) bond motifs is 1. The van der Waals surface area contributed by atoms with Gasteiger partial charge in [0.15, 0.2) is 4.90 Å². The lowest BCUT2D eigenvalue weighted by atomic mass is 10.1. The number of aromatic amines is 1. The van der Waals surface area contributed by atoms with Gasteiger partial charge in [-0.05, 0) is 24.3 Å². The van der Waals surface area contributed by atoms with Crippen LogP contribution in [0, 0.1) is 10.1 Å². The molecule has 0 aliphatic rings. The van der Waals surface area contributed by atoms with Crippen molar-refractivity contribution in [3.8, 4) is 11.3 Å². The van der Waals surface area contributed by atoms with Gasteiger partial charge >= 0.3 is 0 Å². The molecule has 0 atom stereocenters. The molecule has 3 aromatic carbocycles. The Morgan fingerprint density at radius 2 is 1.57 bits per heavy atom. The maximum absolute atomic E-state index is 12.9. The molecule has 0 saturated carbocycles. The van der Waals surface area contributed by atoms with Gasteiger partial charge in [-0.25, -0.2) is 8.42 Å². The molecule has 2 N–H and O–H groups in total. The van der Waals surface area contributed by atoms with E-state index in [0.717, 1.165) is 22.7 Å². The van der Waals surface area contributed by atoms with Gasteiger partial charge in [-0.15, -0.1) is 0 Å². The molecule has 1 heterocycles. The van der Waals surface area contributed by atoms with Crippen LogP contribution in [-0.4, -0.2) is 18.3 Å². The van der Waals surface area contributed by atoms with E-state index in [1.165, 1.54) is 18.2 Å². The predicted molar refractivity (Wildman–Crippen MR) is 108 cm³/mol. The number of sulfonamides is 1. The van der Waals surface area contributed by atoms with E-state index < -0.39 is 20.6 Å². The Balaban J connectivity index is 1.78. The van der Waals surface area contributed by atoms with Gasteiger partial charge in [0.05, 0.1) is 10.6 Å². The molecule has 28 heavy (non-hydrogen) atoms. The number of nitrogens with one attached hydrogen (secondary N) is 2. The maximum atomic E-state index is 12.9. The number of nitrogens with zero attached hydrogens (tertiary/aromatic N) is 1. The molecule has 1 aromatic heterocycles. The van der Waals surface area contributed by atoms with Gasteiger partial charge in [0.1, 0.15) is 0 Å². The largest absolute Gasteiger partial charge is 0.354 e. The zero-order chi connectivity index (χ0) is 19.7. The van der Waals surface area contributed by atoms with Crippen LogP contribution in [0.25, 0.3) is 22.2 Å². The van der Waals surface area contributed by atoms with Gasteiger partial charge in [-0.3, -0.25) is 14.8 Å². The summed E-state index contributed by atoms with van der Waals surface area (Å²) in [6.45, 7) is 0. The van der Waals surface area contributed by atoms with Crippen molar-refractivity contribution in [1.82, 2.24) is 4.98 Å². The summed E-state index contributed by atoms with van der Waals surface area (Å²) < 4.78 is 28.2. The van der Waals surface area contributed by atoms with Crippen LogP contribution in [0.5, 0.6) is 0 Å². The number of nitro benzene ring substituents is 1. The average molecular weight is 393 g/mol. The molecule has 0 unspecified atom stereocenters. The summed E-state index contributed by atoms with van der Waals surface area (Å²) in [5.41, 5.74) is 2.15. The fourth-order valence-corrected chi connectivity index (χ4v) is 4.31. The topological polar surface area (TPSA) is 105 Å². The fourth-order valence-electron chi connectivity index (χ4n) is 3.06. The van der Waals surface area contributed by atoms with E-state index in [9.17, 15) is 18.5 Å². The third-order valence-corrected chi connectivity index (χ3v) is 5.76. The molecule has 0 fully saturated rings. The van der Waals surface area contributed by atoms with Crippen LogP contribution in [0.1, 0.15) is 0 Å². The summed E-state index contributed by atoms with van der Waals surface area (Å²) in [6, 6.07) is 21.8. The van der Waals surface area contributed by atoms with Crippen molar-refractivity contribution in [1.29, 1.82) is 0 Å². The quantitative estimate of drug-likeness (QED) is 0.383. The van der Waals surface area contributed by atoms with Crippen molar-refractivity contribution in [2.45, 2.75) is 4.90 Å². The van der Waals surface area contributed by atoms with Gasteiger partial charge in [0.2, 0.25) is 0 Å². The molecule has 0 spiro atoms. The number of hydrogen-bond acceptors (Lipinski definition) is 4. The van der Waals surface area contributed by atoms with Gasteiger partial charge in [0, 0.05) is 28.2 Å². The monoisotopic (exact) mass is 393 g/mol. The Hall–Kier alpha value is -3.65. The molecule has 7 nitrogen and oxygen atoms in total. The average Bonchev–Trinajstić information content (AvgIpc) is 3.12. The van der Waals surface area contributed by atoms with Crippen LogP contribution in [0.15, 0.2) is 83.8 Å². The van der Waals surface area contributed by atoms with E-state index in [-0.39, 0.29) is 4.90 Å². The number of H-pyrrole nitrogens is 1. The summed E-state index contributed by atoms with van der Waals surface area (Å²) in [5, 5.41) is 12.2. The second kappa shape index (κ2) is 6.82. The molecule has 0 saturated heterocycles. The lowest BCUT2D eigenvalue weighted by Crippen LogP contribution is -2.15. The predicted octanol–water partition coefficient (Wildman–Crippen LogP) is 4.54. The summed E-state index contributed by atoms with van der Waals surface area (Å²) in [7, 11) is -4.16. The molecule has 0 radical (unpaired) electrons. The van der Waals surface area contributed by atoms with Crippen molar-refractivity contribution in [2.24, 2.45) is 0 Å². The lowest BCUT2D eigenvalue weighted by molar-refractivity contribution is -0.387. The normalized spacial score (nSPS) is 11.4. The van der Waals surface area contributed by atoms with Crippen LogP contribution in [0.2, 0.25) is 0 Å². The molecule has 8 heteroatoms. The highest BCUT2D eigenvalue weighted by molar-refractivity contribution is 7.92. The number of hydrogen-bond donors (Lipinski definition) is 2. The summed E-state index contributed by atoms with van der Waals surface area (Å²) in [5.74, 6) is 0. The first-order valence-corrected chi connectivity index (χ1v) is 9.87. The lowest BCUT2D eigenvalue weighted by Gasteiger charge is -2.12. The van der Waals surface area contributed by atoms with Crippen molar-refractivity contribution in [3.05, 3.63) is 89.0 Å². The van der Waals surface area contributed by atoms with Gasteiger partial charge < -0.3 is 4.98 Å². The molecule has 0 aliphatic carbocycles. The molecular weight excluding hydrogens is 378 g/mol. The minimum atomic E-state index is -4.16. The number of anilines is 1. The van der Waals surface area contributed by atoms with Crippen LogP contribution in [0.4, 0.5) is 11.4 Å². The second-order valence-corrected chi connectivity index (χ2v) is 7.80. The van der Waals surface area contributed by atoms with E-state index in [0.29, 0.717) is 11.3 Å². The van der Waals surface area contributed by atoms with E-state index in [2.05, 4.69) is 9.71 Å². The van der Waals surface area contributed by atoms with Crippen LogP contribution in [-0.2, 0) is 10.0 Å². The Morgan fingerprint density at radius 1 is 0.893 bits per heavy atom. The van der Waals surface area contributed by atoms with Crippen LogP contribution >= 0.6 is 0 Å². The zero-order valence-corrected chi connectivity index (χ0v) is 15.3. The standard InChI is InChI=1S/C20H15N3O4S/c24-23(25)19-11-5-6-12-20(19)28(26,27)22-17-10-4-2-8-15(17)18-13-14-7-1-3-9-16(14)21-18/h1-13,21-22H. The van der Waals surface area contributed by atoms with Gasteiger partial charge in [-0.1, -0.05) is 48.5 Å². The molecule has 4 aromatic rings. The third kappa shape index (κ3) is 3.21. The SMILES string of the molecule is O=[N+]([O-])c1ccccc1S(=O)(=O)Nc1ccccc1-c1cc2ccccc2[nH]1. The summed E-state index contributed by atoms with van der Waals surface area (Å²) in [4.78, 5) is 13.4. The smallest absolute Gasteiger partial charge is 0.289 e. The summed E-state index contributed by atoms with van der Waals surface area (Å²) >= 11 is 0. The Morgan fingerprint density at radius 3 is 2.36 bits per heavy atom. The number of benzene rings is 3. The minimum absolute atomic E-state index is 0.326. The molecule has 0 bridgehead atoms. The van der Waals surface area contributed by atoms with E-state index in [1.807, 2.05) is 30.3 Å². The van der Waals surface area contributed by atoms with Crippen molar-refractivity contribution >= 4 is 32.3 Å². The van der Waals surface area contributed by atoms with Crippen LogP contribution < -0.4 is 4.72 Å². The van der Waals surface area contributed by atoms with Crippen molar-refractivity contribution in [3.63, 3.8) is 0 Å². The number of para-hydroxylation sites is 3. The highest BCUT2D eigenvalue weighted by Gasteiger charge is 2.26. The molecule has 4 rings (SSSR count).